The first-order valence-corrected chi connectivity index (χ1v) is 15.0. The minimum Gasteiger partial charge on any atom is -0.394 e. The molecule has 0 radical (unpaired) electrons. The van der Waals surface area contributed by atoms with Crippen LogP contribution in [0, 0.1) is 0 Å². The molecule has 1 saturated carbocycles. The molecule has 0 amide bonds. The molecule has 1 aliphatic carbocycles. The van der Waals surface area contributed by atoms with E-state index in [2.05, 4.69) is 0 Å². The van der Waals surface area contributed by atoms with E-state index in [4.69, 9.17) is 76.9 Å². The first kappa shape index (κ1) is 40.2. The fourth-order valence-corrected chi connectivity index (χ4v) is 4.40. The number of hydrogen-bond donors (Lipinski definition) is 15. The van der Waals surface area contributed by atoms with Crippen LogP contribution < -0.4 is 22.9 Å². The monoisotopic (exact) mass is 680 g/mol. The Morgan fingerprint density at radius 1 is 0.628 bits per heavy atom. The summed E-state index contributed by atoms with van der Waals surface area (Å²) in [5, 5.41) is 70.9. The summed E-state index contributed by atoms with van der Waals surface area (Å²) >= 11 is 0. The lowest BCUT2D eigenvalue weighted by atomic mass is 9.84. The zero-order chi connectivity index (χ0) is 33.6. The van der Waals surface area contributed by atoms with Crippen molar-refractivity contribution in [2.45, 2.75) is 98.2 Å². The molecule has 19 N–H and O–H groups in total. The van der Waals surface area contributed by atoms with Crippen molar-refractivity contribution in [3.05, 3.63) is 0 Å². The molecule has 2 saturated heterocycles. The molecule has 258 valence electrons. The SMILES string of the molecule is NCC1OC(OC2C(N)CC(N)C(OC3OC(CO)C(O)C(N)C3O)C2O)C(O)C(O)C1O.O=S(=O)(O)O.O=S(=O)(O)O. The third-order valence-corrected chi connectivity index (χ3v) is 6.48. The second-order valence-corrected chi connectivity index (χ2v) is 11.5. The maximum atomic E-state index is 10.9. The van der Waals surface area contributed by atoms with Crippen LogP contribution in [0.2, 0.25) is 0 Å². The van der Waals surface area contributed by atoms with Crippen molar-refractivity contribution in [1.82, 2.24) is 0 Å². The molecule has 25 heteroatoms. The number of nitrogens with two attached hydrogens (primary N) is 4. The van der Waals surface area contributed by atoms with Crippen molar-refractivity contribution in [1.29, 1.82) is 0 Å². The Kier molecular flexibility index (Phi) is 15.5. The van der Waals surface area contributed by atoms with Gasteiger partial charge in [0, 0.05) is 18.6 Å². The van der Waals surface area contributed by atoms with E-state index in [0.29, 0.717) is 0 Å². The minimum absolute atomic E-state index is 0.0849. The van der Waals surface area contributed by atoms with Crippen LogP contribution in [0.25, 0.3) is 0 Å². The maximum Gasteiger partial charge on any atom is 0.394 e. The molecular formula is C18H40N4O19S2. The van der Waals surface area contributed by atoms with Gasteiger partial charge in [-0.1, -0.05) is 0 Å². The molecule has 3 fully saturated rings. The first-order chi connectivity index (χ1) is 19.5. The molecule has 15 atom stereocenters. The normalized spacial score (nSPS) is 43.9. The predicted octanol–water partition coefficient (Wildman–Crippen LogP) is -8.60. The van der Waals surface area contributed by atoms with Gasteiger partial charge in [0.1, 0.15) is 61.0 Å². The van der Waals surface area contributed by atoms with Gasteiger partial charge < -0.3 is 77.6 Å². The number of hydrogen-bond acceptors (Lipinski definition) is 19. The van der Waals surface area contributed by atoms with Gasteiger partial charge in [-0.3, -0.25) is 18.2 Å². The molecule has 3 rings (SSSR count). The zero-order valence-electron chi connectivity index (χ0n) is 22.1. The summed E-state index contributed by atoms with van der Waals surface area (Å²) in [6.07, 6.45) is -16.5. The summed E-state index contributed by atoms with van der Waals surface area (Å²) in [7, 11) is -9.33. The second-order valence-electron chi connectivity index (χ2n) is 9.69. The molecule has 0 aromatic rings. The van der Waals surface area contributed by atoms with E-state index in [1.165, 1.54) is 0 Å². The van der Waals surface area contributed by atoms with Gasteiger partial charge in [0.05, 0.1) is 12.6 Å². The predicted molar refractivity (Wildman–Crippen MR) is 136 cm³/mol. The van der Waals surface area contributed by atoms with E-state index >= 15 is 0 Å². The molecule has 2 heterocycles. The molecule has 2 aliphatic heterocycles. The standard InChI is InChI=1S/C18H36N4O11.2H2O4S/c19-2-6-10(25)12(27)13(28)18(30-6)33-16-5(21)1-4(20)15(14(16)29)32-17-11(26)8(22)9(24)7(3-23)31-17;2*1-5(2,3)4/h4-18,23-29H,1-3,19-22H2;2*(H2,1,2,3,4). The van der Waals surface area contributed by atoms with Crippen LogP contribution in [0.1, 0.15) is 6.42 Å². The third kappa shape index (κ3) is 12.5. The van der Waals surface area contributed by atoms with Gasteiger partial charge in [-0.2, -0.15) is 16.8 Å². The molecule has 43 heavy (non-hydrogen) atoms. The summed E-state index contributed by atoms with van der Waals surface area (Å²) in [4.78, 5) is 0. The highest BCUT2D eigenvalue weighted by Crippen LogP contribution is 2.31. The molecule has 0 bridgehead atoms. The third-order valence-electron chi connectivity index (χ3n) is 6.48. The summed E-state index contributed by atoms with van der Waals surface area (Å²) in [5.74, 6) is 0. The van der Waals surface area contributed by atoms with Gasteiger partial charge in [-0.15, -0.1) is 0 Å². The Morgan fingerprint density at radius 2 is 1.02 bits per heavy atom. The van der Waals surface area contributed by atoms with Crippen molar-refractivity contribution in [3.8, 4) is 0 Å². The van der Waals surface area contributed by atoms with E-state index in [1.54, 1.807) is 0 Å². The average molecular weight is 681 g/mol. The molecule has 3 aliphatic rings. The summed E-state index contributed by atoms with van der Waals surface area (Å²) in [6.45, 7) is -0.763. The maximum absolute atomic E-state index is 10.9. The largest absolute Gasteiger partial charge is 0.394 e. The highest BCUT2D eigenvalue weighted by Gasteiger charge is 2.51. The average Bonchev–Trinajstić information content (AvgIpc) is 2.86. The van der Waals surface area contributed by atoms with Crippen molar-refractivity contribution >= 4 is 20.8 Å². The first-order valence-electron chi connectivity index (χ1n) is 12.2. The summed E-state index contributed by atoms with van der Waals surface area (Å²) < 4.78 is 85.4. The van der Waals surface area contributed by atoms with Crippen LogP contribution >= 0.6 is 0 Å². The molecule has 0 spiro atoms. The Hall–Kier alpha value is -0.860. The fraction of sp³-hybridized carbons (Fsp3) is 1.00. The van der Waals surface area contributed by atoms with Crippen molar-refractivity contribution in [2.24, 2.45) is 22.9 Å². The van der Waals surface area contributed by atoms with Gasteiger partial charge >= 0.3 is 20.8 Å². The van der Waals surface area contributed by atoms with E-state index in [9.17, 15) is 35.7 Å². The van der Waals surface area contributed by atoms with Crippen molar-refractivity contribution in [3.63, 3.8) is 0 Å². The van der Waals surface area contributed by atoms with Crippen LogP contribution in [0.3, 0.4) is 0 Å². The van der Waals surface area contributed by atoms with E-state index in [1.807, 2.05) is 0 Å². The number of rotatable bonds is 6. The summed E-state index contributed by atoms with van der Waals surface area (Å²) in [5.41, 5.74) is 23.5. The molecular weight excluding hydrogens is 640 g/mol. The summed E-state index contributed by atoms with van der Waals surface area (Å²) in [6, 6.07) is -2.86. The van der Waals surface area contributed by atoms with Crippen LogP contribution in [-0.4, -0.2) is 176 Å². The molecule has 15 unspecified atom stereocenters. The number of aliphatic hydroxyl groups is 7. The van der Waals surface area contributed by atoms with Crippen LogP contribution in [-0.2, 0) is 39.7 Å². The molecule has 0 aromatic carbocycles. The highest BCUT2D eigenvalue weighted by molar-refractivity contribution is 7.80. The second kappa shape index (κ2) is 16.6. The van der Waals surface area contributed by atoms with Gasteiger partial charge in [-0.25, -0.2) is 0 Å². The van der Waals surface area contributed by atoms with E-state index in [-0.39, 0.29) is 13.0 Å². The smallest absolute Gasteiger partial charge is 0.394 e. The molecule has 0 aromatic heterocycles. The van der Waals surface area contributed by atoms with Crippen LogP contribution in [0.4, 0.5) is 0 Å². The van der Waals surface area contributed by atoms with E-state index in [0.717, 1.165) is 0 Å². The quantitative estimate of drug-likeness (QED) is 0.116. The Balaban J connectivity index is 0.000000798. The van der Waals surface area contributed by atoms with Crippen molar-refractivity contribution < 1.29 is 89.7 Å². The lowest BCUT2D eigenvalue weighted by molar-refractivity contribution is -0.332. The van der Waals surface area contributed by atoms with Gasteiger partial charge in [0.2, 0.25) is 0 Å². The van der Waals surface area contributed by atoms with Crippen LogP contribution in [0.5, 0.6) is 0 Å². The Bertz CT molecular complexity index is 958. The fourth-order valence-electron chi connectivity index (χ4n) is 4.40. The lowest BCUT2D eigenvalue weighted by Gasteiger charge is -2.48. The van der Waals surface area contributed by atoms with Crippen LogP contribution in [0.15, 0.2) is 0 Å². The highest BCUT2D eigenvalue weighted by atomic mass is 32.3. The van der Waals surface area contributed by atoms with Gasteiger partial charge in [0.25, 0.3) is 0 Å². The topological polar surface area (TPSA) is 432 Å². The van der Waals surface area contributed by atoms with Crippen molar-refractivity contribution in [2.75, 3.05) is 13.2 Å². The van der Waals surface area contributed by atoms with Gasteiger partial charge in [0.15, 0.2) is 12.6 Å². The Labute approximate surface area is 245 Å². The van der Waals surface area contributed by atoms with Gasteiger partial charge in [-0.05, 0) is 6.42 Å². The zero-order valence-corrected chi connectivity index (χ0v) is 23.7. The van der Waals surface area contributed by atoms with E-state index < -0.39 is 119 Å². The number of aliphatic hydroxyl groups excluding tert-OH is 7. The number of ether oxygens (including phenoxy) is 4. The minimum atomic E-state index is -4.67. The Morgan fingerprint density at radius 3 is 1.42 bits per heavy atom. The lowest BCUT2D eigenvalue weighted by Crippen LogP contribution is -2.68. The molecule has 23 nitrogen and oxygen atoms in total.